The van der Waals surface area contributed by atoms with Crippen molar-refractivity contribution in [2.24, 2.45) is 5.11 Å². The van der Waals surface area contributed by atoms with E-state index in [-0.39, 0.29) is 0 Å². The molecule has 0 fully saturated rings. The molecule has 64 valence electrons. The summed E-state index contributed by atoms with van der Waals surface area (Å²) >= 11 is 0. The molecule has 0 heterocycles. The number of benzene rings is 1. The Balaban J connectivity index is 3.09. The number of rotatable bonds is 2. The number of azide groups is 1. The Morgan fingerprint density at radius 1 is 1.62 bits per heavy atom. The van der Waals surface area contributed by atoms with Gasteiger partial charge in [0.25, 0.3) is 0 Å². The molecule has 4 heteroatoms. The summed E-state index contributed by atoms with van der Waals surface area (Å²) in [6.07, 6.45) is 0. The van der Waals surface area contributed by atoms with Crippen molar-refractivity contribution in [1.29, 1.82) is 5.26 Å². The van der Waals surface area contributed by atoms with E-state index in [0.717, 1.165) is 11.1 Å². The van der Waals surface area contributed by atoms with Gasteiger partial charge < -0.3 is 0 Å². The van der Waals surface area contributed by atoms with Crippen molar-refractivity contribution in [3.8, 4) is 6.07 Å². The molecule has 0 N–H and O–H groups in total. The van der Waals surface area contributed by atoms with E-state index in [1.807, 2.05) is 13.0 Å². The zero-order chi connectivity index (χ0) is 9.68. The van der Waals surface area contributed by atoms with Gasteiger partial charge in [-0.25, -0.2) is 0 Å². The van der Waals surface area contributed by atoms with Gasteiger partial charge in [0.05, 0.1) is 18.2 Å². The lowest BCUT2D eigenvalue weighted by atomic mass is 10.0. The maximum atomic E-state index is 8.71. The van der Waals surface area contributed by atoms with Crippen LogP contribution >= 0.6 is 0 Å². The Kier molecular flexibility index (Phi) is 2.91. The van der Waals surface area contributed by atoms with Crippen molar-refractivity contribution >= 4 is 0 Å². The highest BCUT2D eigenvalue weighted by molar-refractivity contribution is 5.41. The van der Waals surface area contributed by atoms with Gasteiger partial charge in [-0.05, 0) is 29.6 Å². The number of nitriles is 1. The van der Waals surface area contributed by atoms with E-state index in [4.69, 9.17) is 10.8 Å². The molecule has 4 nitrogen and oxygen atoms in total. The van der Waals surface area contributed by atoms with Crippen LogP contribution in [0.4, 0.5) is 0 Å². The summed E-state index contributed by atoms with van der Waals surface area (Å²) in [5, 5.41) is 12.2. The second kappa shape index (κ2) is 4.15. The molecule has 0 atom stereocenters. The van der Waals surface area contributed by atoms with Gasteiger partial charge in [0, 0.05) is 4.91 Å². The molecule has 0 aliphatic heterocycles. The van der Waals surface area contributed by atoms with Crippen LogP contribution in [0.1, 0.15) is 16.7 Å². The van der Waals surface area contributed by atoms with Gasteiger partial charge in [0.1, 0.15) is 0 Å². The van der Waals surface area contributed by atoms with Crippen LogP contribution in [0.25, 0.3) is 10.4 Å². The predicted octanol–water partition coefficient (Wildman–Crippen LogP) is 2.68. The van der Waals surface area contributed by atoms with Crippen LogP contribution in [0.15, 0.2) is 23.3 Å². The van der Waals surface area contributed by atoms with Crippen molar-refractivity contribution in [2.45, 2.75) is 13.5 Å². The maximum Gasteiger partial charge on any atom is 0.0994 e. The van der Waals surface area contributed by atoms with E-state index in [1.54, 1.807) is 12.1 Å². The molecule has 0 aliphatic rings. The Labute approximate surface area is 76.1 Å². The van der Waals surface area contributed by atoms with E-state index in [2.05, 4.69) is 16.1 Å². The fraction of sp³-hybridized carbons (Fsp3) is 0.222. The topological polar surface area (TPSA) is 72.5 Å². The van der Waals surface area contributed by atoms with E-state index < -0.39 is 0 Å². The maximum absolute atomic E-state index is 8.71. The lowest BCUT2D eigenvalue weighted by Crippen LogP contribution is -1.89. The van der Waals surface area contributed by atoms with Gasteiger partial charge in [-0.1, -0.05) is 17.2 Å². The summed E-state index contributed by atoms with van der Waals surface area (Å²) in [7, 11) is 0. The van der Waals surface area contributed by atoms with Gasteiger partial charge in [0.2, 0.25) is 0 Å². The second-order valence-electron chi connectivity index (χ2n) is 2.59. The third-order valence-electron chi connectivity index (χ3n) is 1.87. The van der Waals surface area contributed by atoms with Crippen LogP contribution in [0.3, 0.4) is 0 Å². The molecular weight excluding hydrogens is 164 g/mol. The second-order valence-corrected chi connectivity index (χ2v) is 2.59. The van der Waals surface area contributed by atoms with Crippen molar-refractivity contribution in [2.75, 3.05) is 0 Å². The highest BCUT2D eigenvalue weighted by Crippen LogP contribution is 2.13. The fourth-order valence-electron chi connectivity index (χ4n) is 1.08. The normalized spacial score (nSPS) is 8.62. The minimum atomic E-state index is 0.303. The van der Waals surface area contributed by atoms with Crippen LogP contribution in [0.2, 0.25) is 0 Å². The first-order chi connectivity index (χ1) is 6.29. The highest BCUT2D eigenvalue weighted by atomic mass is 15.1. The first kappa shape index (κ1) is 9.11. The minimum Gasteiger partial charge on any atom is -0.192 e. The zero-order valence-electron chi connectivity index (χ0n) is 7.23. The molecular formula is C9H8N4. The van der Waals surface area contributed by atoms with Crippen molar-refractivity contribution in [1.82, 2.24) is 0 Å². The number of hydrogen-bond acceptors (Lipinski definition) is 2. The Hall–Kier alpha value is -1.98. The Bertz CT molecular complexity index is 397. The van der Waals surface area contributed by atoms with Gasteiger partial charge in [0.15, 0.2) is 0 Å². The molecule has 0 aromatic heterocycles. The average molecular weight is 172 g/mol. The largest absolute Gasteiger partial charge is 0.192 e. The van der Waals surface area contributed by atoms with Crippen LogP contribution in [-0.4, -0.2) is 0 Å². The van der Waals surface area contributed by atoms with Crippen molar-refractivity contribution in [3.63, 3.8) is 0 Å². The third-order valence-corrected chi connectivity index (χ3v) is 1.87. The molecule has 0 aliphatic carbocycles. The molecule has 0 spiro atoms. The van der Waals surface area contributed by atoms with Crippen LogP contribution in [0.5, 0.6) is 0 Å². The quantitative estimate of drug-likeness (QED) is 0.384. The molecule has 0 unspecified atom stereocenters. The average Bonchev–Trinajstić information content (AvgIpc) is 2.16. The van der Waals surface area contributed by atoms with Crippen molar-refractivity contribution in [3.05, 3.63) is 45.3 Å². The summed E-state index contributed by atoms with van der Waals surface area (Å²) in [5.74, 6) is 0. The van der Waals surface area contributed by atoms with Crippen molar-refractivity contribution < 1.29 is 0 Å². The predicted molar refractivity (Wildman–Crippen MR) is 48.7 cm³/mol. The Morgan fingerprint density at radius 3 is 3.00 bits per heavy atom. The summed E-state index contributed by atoms with van der Waals surface area (Å²) in [6.45, 7) is 2.15. The summed E-state index contributed by atoms with van der Waals surface area (Å²) in [6, 6.07) is 7.46. The SMILES string of the molecule is Cc1c(C#N)cccc1CN=[N+]=[N-]. The molecule has 13 heavy (non-hydrogen) atoms. The zero-order valence-corrected chi connectivity index (χ0v) is 7.23. The van der Waals surface area contributed by atoms with Gasteiger partial charge in [-0.3, -0.25) is 0 Å². The fourth-order valence-corrected chi connectivity index (χ4v) is 1.08. The number of nitrogens with zero attached hydrogens (tertiary/aromatic N) is 4. The minimum absolute atomic E-state index is 0.303. The lowest BCUT2D eigenvalue weighted by molar-refractivity contribution is 1.03. The van der Waals surface area contributed by atoms with E-state index in [0.29, 0.717) is 12.1 Å². The van der Waals surface area contributed by atoms with Crippen LogP contribution in [-0.2, 0) is 6.54 Å². The monoisotopic (exact) mass is 172 g/mol. The van der Waals surface area contributed by atoms with E-state index in [1.165, 1.54) is 0 Å². The van der Waals surface area contributed by atoms with Crippen LogP contribution < -0.4 is 0 Å². The number of hydrogen-bond donors (Lipinski definition) is 0. The lowest BCUT2D eigenvalue weighted by Gasteiger charge is -2.02. The molecule has 1 aromatic carbocycles. The molecule has 0 bridgehead atoms. The smallest absolute Gasteiger partial charge is 0.0994 e. The van der Waals surface area contributed by atoms with Crippen LogP contribution in [0, 0.1) is 18.3 Å². The molecule has 0 amide bonds. The van der Waals surface area contributed by atoms with Gasteiger partial charge in [-0.15, -0.1) is 0 Å². The first-order valence-corrected chi connectivity index (χ1v) is 3.79. The summed E-state index contributed by atoms with van der Waals surface area (Å²) in [4.78, 5) is 2.67. The summed E-state index contributed by atoms with van der Waals surface area (Å²) in [5.41, 5.74) is 10.6. The van der Waals surface area contributed by atoms with Gasteiger partial charge >= 0.3 is 0 Å². The molecule has 1 rings (SSSR count). The molecule has 0 saturated heterocycles. The first-order valence-electron chi connectivity index (χ1n) is 3.79. The highest BCUT2D eigenvalue weighted by Gasteiger charge is 2.00. The standard InChI is InChI=1S/C9H8N4/c1-7-8(5-10)3-2-4-9(7)6-12-13-11/h2-4H,6H2,1H3. The molecule has 1 aromatic rings. The molecule has 0 saturated carbocycles. The third kappa shape index (κ3) is 1.98. The molecule has 0 radical (unpaired) electrons. The van der Waals surface area contributed by atoms with E-state index in [9.17, 15) is 0 Å². The Morgan fingerprint density at radius 2 is 2.38 bits per heavy atom. The van der Waals surface area contributed by atoms with E-state index >= 15 is 0 Å². The summed E-state index contributed by atoms with van der Waals surface area (Å²) < 4.78 is 0. The van der Waals surface area contributed by atoms with Gasteiger partial charge in [-0.2, -0.15) is 5.26 Å².